The zero-order chi connectivity index (χ0) is 18.4. The molecule has 1 aromatic rings. The number of anilines is 1. The third kappa shape index (κ3) is 5.12. The van der Waals surface area contributed by atoms with Crippen molar-refractivity contribution in [2.45, 2.75) is 38.3 Å². The predicted octanol–water partition coefficient (Wildman–Crippen LogP) is 1.03. The van der Waals surface area contributed by atoms with E-state index in [1.165, 1.54) is 0 Å². The highest BCUT2D eigenvalue weighted by atomic mass is 16.5. The van der Waals surface area contributed by atoms with Gasteiger partial charge >= 0.3 is 0 Å². The first-order valence-electron chi connectivity index (χ1n) is 8.45. The smallest absolute Gasteiger partial charge is 0.300 e. The van der Waals surface area contributed by atoms with Crippen LogP contribution in [0, 0.1) is 5.92 Å². The fourth-order valence-corrected chi connectivity index (χ4v) is 3.44. The number of amides is 1. The van der Waals surface area contributed by atoms with Crippen molar-refractivity contribution < 1.29 is 19.4 Å². The second-order valence-electron chi connectivity index (χ2n) is 6.50. The van der Waals surface area contributed by atoms with Gasteiger partial charge in [-0.15, -0.1) is 0 Å². The molecule has 0 radical (unpaired) electrons. The topological polar surface area (TPSA) is 95.9 Å². The summed E-state index contributed by atoms with van der Waals surface area (Å²) < 4.78 is 5.91. The van der Waals surface area contributed by atoms with E-state index in [9.17, 15) is 4.79 Å². The predicted molar refractivity (Wildman–Crippen MR) is 92.3 cm³/mol. The van der Waals surface area contributed by atoms with Crippen molar-refractivity contribution in [2.75, 3.05) is 32.1 Å². The molecular formula is C17H26N4O4. The lowest BCUT2D eigenvalue weighted by Gasteiger charge is -2.46. The van der Waals surface area contributed by atoms with Gasteiger partial charge in [-0.25, -0.2) is 9.97 Å². The zero-order valence-electron chi connectivity index (χ0n) is 15.0. The molecule has 1 N–H and O–H groups in total. The lowest BCUT2D eigenvalue weighted by atomic mass is 9.81. The molecule has 1 saturated heterocycles. The number of aliphatic carboxylic acids is 1. The Kier molecular flexibility index (Phi) is 6.69. The summed E-state index contributed by atoms with van der Waals surface area (Å²) in [6, 6.07) is 2.16. The number of hydrogen-bond acceptors (Lipinski definition) is 6. The number of rotatable bonds is 2. The maximum absolute atomic E-state index is 12.3. The van der Waals surface area contributed by atoms with Crippen LogP contribution in [0.1, 0.15) is 26.2 Å². The van der Waals surface area contributed by atoms with Gasteiger partial charge in [-0.1, -0.05) is 0 Å². The summed E-state index contributed by atoms with van der Waals surface area (Å²) in [4.78, 5) is 33.6. The van der Waals surface area contributed by atoms with Crippen molar-refractivity contribution >= 4 is 17.7 Å². The first-order chi connectivity index (χ1) is 11.9. The third-order valence-corrected chi connectivity index (χ3v) is 4.47. The number of carboxylic acid groups (broad SMARTS) is 1. The Balaban J connectivity index is 0.000000511. The first-order valence-corrected chi connectivity index (χ1v) is 8.45. The Morgan fingerprint density at radius 2 is 2.08 bits per heavy atom. The fraction of sp³-hybridized carbons (Fsp3) is 0.647. The van der Waals surface area contributed by atoms with Gasteiger partial charge in [-0.2, -0.15) is 0 Å². The van der Waals surface area contributed by atoms with E-state index in [0.717, 1.165) is 45.2 Å². The summed E-state index contributed by atoms with van der Waals surface area (Å²) in [6.45, 7) is 2.62. The number of fused-ring (bicyclic) bond motifs is 1. The molecule has 8 heteroatoms. The molecule has 2 heterocycles. The van der Waals surface area contributed by atoms with Gasteiger partial charge in [-0.05, 0) is 25.3 Å². The van der Waals surface area contributed by atoms with Gasteiger partial charge in [0, 0.05) is 39.7 Å². The highest BCUT2D eigenvalue weighted by molar-refractivity contribution is 5.78. The Bertz CT molecular complexity index is 577. The molecule has 0 bridgehead atoms. The number of carbonyl (C=O) groups excluding carboxylic acids is 1. The number of nitrogens with zero attached hydrogens (tertiary/aromatic N) is 4. The molecule has 1 aliphatic heterocycles. The molecule has 3 atom stereocenters. The van der Waals surface area contributed by atoms with Crippen molar-refractivity contribution in [3.05, 3.63) is 18.6 Å². The summed E-state index contributed by atoms with van der Waals surface area (Å²) in [6.07, 6.45) is 6.24. The van der Waals surface area contributed by atoms with E-state index >= 15 is 0 Å². The molecule has 3 rings (SSSR count). The van der Waals surface area contributed by atoms with Gasteiger partial charge < -0.3 is 19.6 Å². The van der Waals surface area contributed by atoms with E-state index in [2.05, 4.69) is 14.9 Å². The van der Waals surface area contributed by atoms with Gasteiger partial charge in [0.25, 0.3) is 5.97 Å². The molecule has 1 aromatic heterocycles. The van der Waals surface area contributed by atoms with Gasteiger partial charge in [0.1, 0.15) is 12.1 Å². The Morgan fingerprint density at radius 1 is 1.36 bits per heavy atom. The van der Waals surface area contributed by atoms with Crippen LogP contribution in [0.25, 0.3) is 0 Å². The van der Waals surface area contributed by atoms with E-state index in [1.54, 1.807) is 17.4 Å². The lowest BCUT2D eigenvalue weighted by molar-refractivity contribution is -0.136. The number of aromatic nitrogens is 2. The fourth-order valence-electron chi connectivity index (χ4n) is 3.44. The minimum Gasteiger partial charge on any atom is -0.481 e. The van der Waals surface area contributed by atoms with Crippen molar-refractivity contribution in [1.29, 1.82) is 0 Å². The molecule has 1 amide bonds. The SMILES string of the molecule is CC(=O)O.CN(C)C(=O)[C@H]1CC[C@H]2OCCN(c3ccncn3)[C@@H]2C1. The van der Waals surface area contributed by atoms with Crippen molar-refractivity contribution in [2.24, 2.45) is 5.92 Å². The maximum Gasteiger partial charge on any atom is 0.300 e. The molecule has 1 aliphatic carbocycles. The summed E-state index contributed by atoms with van der Waals surface area (Å²) in [5.74, 6) is 0.412. The third-order valence-electron chi connectivity index (χ3n) is 4.47. The minimum atomic E-state index is -0.833. The van der Waals surface area contributed by atoms with Gasteiger partial charge in [0.05, 0.1) is 18.8 Å². The second kappa shape index (κ2) is 8.75. The highest BCUT2D eigenvalue weighted by Crippen LogP contribution is 2.34. The molecule has 2 fully saturated rings. The molecule has 0 unspecified atom stereocenters. The summed E-state index contributed by atoms with van der Waals surface area (Å²) in [5.41, 5.74) is 0. The van der Waals surface area contributed by atoms with Crippen LogP contribution in [-0.4, -0.2) is 71.2 Å². The van der Waals surface area contributed by atoms with Crippen LogP contribution in [0.3, 0.4) is 0 Å². The van der Waals surface area contributed by atoms with Gasteiger partial charge in [-0.3, -0.25) is 9.59 Å². The summed E-state index contributed by atoms with van der Waals surface area (Å²) >= 11 is 0. The van der Waals surface area contributed by atoms with Gasteiger partial charge in [0.15, 0.2) is 0 Å². The highest BCUT2D eigenvalue weighted by Gasteiger charge is 2.40. The van der Waals surface area contributed by atoms with Crippen LogP contribution in [0.5, 0.6) is 0 Å². The summed E-state index contributed by atoms with van der Waals surface area (Å²) in [7, 11) is 3.65. The van der Waals surface area contributed by atoms with E-state index in [0.29, 0.717) is 0 Å². The molecule has 138 valence electrons. The average Bonchev–Trinajstić information content (AvgIpc) is 2.60. The second-order valence-corrected chi connectivity index (χ2v) is 6.50. The lowest BCUT2D eigenvalue weighted by Crippen LogP contribution is -2.55. The number of hydrogen-bond donors (Lipinski definition) is 1. The van der Waals surface area contributed by atoms with E-state index < -0.39 is 5.97 Å². The van der Waals surface area contributed by atoms with Crippen LogP contribution >= 0.6 is 0 Å². The molecule has 8 nitrogen and oxygen atoms in total. The van der Waals surface area contributed by atoms with Gasteiger partial charge in [0.2, 0.25) is 5.91 Å². The van der Waals surface area contributed by atoms with Crippen LogP contribution in [-0.2, 0) is 14.3 Å². The number of morpholine rings is 1. The monoisotopic (exact) mass is 350 g/mol. The maximum atomic E-state index is 12.3. The molecular weight excluding hydrogens is 324 g/mol. The standard InChI is InChI=1S/C15H22N4O2.C2H4O2/c1-18(2)15(20)11-3-4-13-12(9-11)19(7-8-21-13)14-5-6-16-10-17-14;1-2(3)4/h5-6,10-13H,3-4,7-9H2,1-2H3;1H3,(H,3,4)/t11-,12+,13+;/m0./s1. The quantitative estimate of drug-likeness (QED) is 0.851. The Labute approximate surface area is 147 Å². The number of ether oxygens (including phenoxy) is 1. The van der Waals surface area contributed by atoms with Crippen LogP contribution in [0.2, 0.25) is 0 Å². The van der Waals surface area contributed by atoms with E-state index in [4.69, 9.17) is 14.6 Å². The van der Waals surface area contributed by atoms with Crippen molar-refractivity contribution in [1.82, 2.24) is 14.9 Å². The van der Waals surface area contributed by atoms with Crippen LogP contribution in [0.15, 0.2) is 18.6 Å². The van der Waals surface area contributed by atoms with E-state index in [-0.39, 0.29) is 24.0 Å². The van der Waals surface area contributed by atoms with E-state index in [1.807, 2.05) is 20.2 Å². The molecule has 1 saturated carbocycles. The van der Waals surface area contributed by atoms with Crippen LogP contribution in [0.4, 0.5) is 5.82 Å². The summed E-state index contributed by atoms with van der Waals surface area (Å²) in [5, 5.41) is 7.42. The Hall–Kier alpha value is -2.22. The van der Waals surface area contributed by atoms with Crippen molar-refractivity contribution in [3.8, 4) is 0 Å². The molecule has 25 heavy (non-hydrogen) atoms. The molecule has 0 aromatic carbocycles. The Morgan fingerprint density at radius 3 is 2.68 bits per heavy atom. The molecule has 2 aliphatic rings. The zero-order valence-corrected chi connectivity index (χ0v) is 15.0. The minimum absolute atomic E-state index is 0.0901. The first kappa shape index (κ1) is 19.1. The van der Waals surface area contributed by atoms with Crippen molar-refractivity contribution in [3.63, 3.8) is 0 Å². The average molecular weight is 350 g/mol. The molecule has 0 spiro atoms. The normalized spacial score (nSPS) is 25.2. The largest absolute Gasteiger partial charge is 0.481 e. The number of carbonyl (C=O) groups is 2. The van der Waals surface area contributed by atoms with Crippen LogP contribution < -0.4 is 4.90 Å². The number of carboxylic acids is 1.